The fraction of sp³-hybridized carbons (Fsp3) is 0.318. The number of nitrogens with one attached hydrogen (secondary N) is 1. The fourth-order valence-corrected chi connectivity index (χ4v) is 2.79. The molecule has 0 atom stereocenters. The molecule has 0 fully saturated rings. The van der Waals surface area contributed by atoms with Crippen LogP contribution in [-0.2, 0) is 11.3 Å². The zero-order valence-electron chi connectivity index (χ0n) is 17.0. The Labute approximate surface area is 170 Å². The lowest BCUT2D eigenvalue weighted by atomic mass is 10.1. The summed E-state index contributed by atoms with van der Waals surface area (Å²) in [5.74, 6) is 1.68. The maximum Gasteiger partial charge on any atom is 0.260 e. The predicted octanol–water partition coefficient (Wildman–Crippen LogP) is 3.62. The van der Waals surface area contributed by atoms with Crippen molar-refractivity contribution in [2.75, 3.05) is 13.7 Å². The first-order chi connectivity index (χ1) is 14.1. The molecule has 0 radical (unpaired) electrons. The zero-order chi connectivity index (χ0) is 20.6. The molecule has 7 nitrogen and oxygen atoms in total. The van der Waals surface area contributed by atoms with Gasteiger partial charge in [0.25, 0.3) is 5.91 Å². The molecule has 0 saturated heterocycles. The highest BCUT2D eigenvalue weighted by Gasteiger charge is 2.07. The van der Waals surface area contributed by atoms with Crippen molar-refractivity contribution in [3.05, 3.63) is 54.4 Å². The number of methoxy groups -OCH3 is 1. The first-order valence-corrected chi connectivity index (χ1v) is 9.59. The van der Waals surface area contributed by atoms with E-state index in [1.54, 1.807) is 24.2 Å². The Hall–Kier alpha value is -3.35. The summed E-state index contributed by atoms with van der Waals surface area (Å²) < 4.78 is 13.0. The topological polar surface area (TPSA) is 77.7 Å². The monoisotopic (exact) mass is 394 g/mol. The number of hydrogen-bond donors (Lipinski definition) is 1. The van der Waals surface area contributed by atoms with E-state index >= 15 is 0 Å². The van der Waals surface area contributed by atoms with Crippen LogP contribution >= 0.6 is 0 Å². The highest BCUT2D eigenvalue weighted by atomic mass is 16.5. The summed E-state index contributed by atoms with van der Waals surface area (Å²) in [5, 5.41) is 4.04. The maximum atomic E-state index is 12.2. The Balaban J connectivity index is 1.57. The molecule has 0 saturated carbocycles. The molecule has 0 aliphatic heterocycles. The lowest BCUT2D eigenvalue weighted by Gasteiger charge is -2.12. The van der Waals surface area contributed by atoms with Gasteiger partial charge in [0.2, 0.25) is 0 Å². The van der Waals surface area contributed by atoms with Crippen molar-refractivity contribution in [1.29, 1.82) is 0 Å². The second kappa shape index (κ2) is 9.73. The van der Waals surface area contributed by atoms with E-state index in [1.807, 2.05) is 42.5 Å². The summed E-state index contributed by atoms with van der Waals surface area (Å²) in [4.78, 5) is 16.5. The molecule has 1 aromatic heterocycles. The van der Waals surface area contributed by atoms with Crippen LogP contribution < -0.4 is 14.9 Å². The van der Waals surface area contributed by atoms with Gasteiger partial charge in [-0.15, -0.1) is 0 Å². The number of para-hydroxylation sites is 2. The summed E-state index contributed by atoms with van der Waals surface area (Å²) in [7, 11) is 1.60. The molecule has 1 N–H and O–H groups in total. The number of carbonyl (C=O) groups is 1. The van der Waals surface area contributed by atoms with E-state index in [2.05, 4.69) is 29.4 Å². The molecule has 0 unspecified atom stereocenters. The van der Waals surface area contributed by atoms with Gasteiger partial charge in [-0.05, 0) is 48.2 Å². The lowest BCUT2D eigenvalue weighted by molar-refractivity contribution is -0.121. The number of carbonyl (C=O) groups excluding carboxylic acids is 1. The number of amides is 1. The minimum atomic E-state index is -0.231. The van der Waals surface area contributed by atoms with Crippen molar-refractivity contribution in [3.8, 4) is 11.5 Å². The minimum Gasteiger partial charge on any atom is -0.493 e. The van der Waals surface area contributed by atoms with Gasteiger partial charge in [0.05, 0.1) is 37.3 Å². The third-order valence-electron chi connectivity index (χ3n) is 4.38. The van der Waals surface area contributed by atoms with Gasteiger partial charge in [-0.1, -0.05) is 26.0 Å². The number of imidazole rings is 1. The summed E-state index contributed by atoms with van der Waals surface area (Å²) in [6.45, 7) is 5.09. The smallest absolute Gasteiger partial charge is 0.260 e. The summed E-state index contributed by atoms with van der Waals surface area (Å²) in [5.41, 5.74) is 5.10. The molecule has 29 heavy (non-hydrogen) atoms. The van der Waals surface area contributed by atoms with Crippen LogP contribution in [0.1, 0.15) is 25.8 Å². The molecule has 7 heteroatoms. The third-order valence-corrected chi connectivity index (χ3v) is 4.38. The van der Waals surface area contributed by atoms with Crippen LogP contribution in [0, 0.1) is 5.92 Å². The molecule has 0 spiro atoms. The molecular formula is C22H26N4O3. The number of rotatable bonds is 9. The van der Waals surface area contributed by atoms with Crippen LogP contribution in [0.4, 0.5) is 0 Å². The standard InChI is InChI=1S/C22H26N4O3/c1-16(2)10-11-29-20-9-8-17(12-21(20)28-3)13-24-25-22(27)14-26-15-23-18-6-4-5-7-19(18)26/h4-9,12-13,15-16H,10-11,14H2,1-3H3,(H,25,27)/b24-13+. The van der Waals surface area contributed by atoms with Crippen LogP contribution in [0.25, 0.3) is 11.0 Å². The Morgan fingerprint density at radius 2 is 2.07 bits per heavy atom. The van der Waals surface area contributed by atoms with Crippen molar-refractivity contribution in [3.63, 3.8) is 0 Å². The fourth-order valence-electron chi connectivity index (χ4n) is 2.79. The molecule has 0 aliphatic rings. The molecule has 3 rings (SSSR count). The van der Waals surface area contributed by atoms with Gasteiger partial charge >= 0.3 is 0 Å². The molecule has 152 valence electrons. The van der Waals surface area contributed by atoms with Crippen LogP contribution in [0.15, 0.2) is 53.9 Å². The normalized spacial score (nSPS) is 11.3. The van der Waals surface area contributed by atoms with E-state index in [1.165, 1.54) is 0 Å². The highest BCUT2D eigenvalue weighted by molar-refractivity contribution is 5.84. The predicted molar refractivity (Wildman–Crippen MR) is 113 cm³/mol. The lowest BCUT2D eigenvalue weighted by Crippen LogP contribution is -2.22. The molecule has 1 amide bonds. The maximum absolute atomic E-state index is 12.2. The molecule has 0 aliphatic carbocycles. The van der Waals surface area contributed by atoms with Gasteiger partial charge < -0.3 is 14.0 Å². The van der Waals surface area contributed by atoms with Crippen molar-refractivity contribution in [2.24, 2.45) is 11.0 Å². The second-order valence-corrected chi connectivity index (χ2v) is 7.10. The number of benzene rings is 2. The Kier molecular flexibility index (Phi) is 6.84. The average molecular weight is 394 g/mol. The van der Waals surface area contributed by atoms with Gasteiger partial charge in [-0.2, -0.15) is 5.10 Å². The van der Waals surface area contributed by atoms with Gasteiger partial charge in [0.1, 0.15) is 6.54 Å². The molecular weight excluding hydrogens is 368 g/mol. The number of nitrogens with zero attached hydrogens (tertiary/aromatic N) is 3. The first-order valence-electron chi connectivity index (χ1n) is 9.59. The van der Waals surface area contributed by atoms with Gasteiger partial charge in [0, 0.05) is 0 Å². The number of ether oxygens (including phenoxy) is 2. The van der Waals surface area contributed by atoms with Gasteiger partial charge in [-0.3, -0.25) is 4.79 Å². The number of aromatic nitrogens is 2. The number of hydrazone groups is 1. The van der Waals surface area contributed by atoms with E-state index in [9.17, 15) is 4.79 Å². The Morgan fingerprint density at radius 1 is 1.24 bits per heavy atom. The molecule has 0 bridgehead atoms. The zero-order valence-corrected chi connectivity index (χ0v) is 17.0. The minimum absolute atomic E-state index is 0.143. The van der Waals surface area contributed by atoms with E-state index in [-0.39, 0.29) is 12.5 Å². The number of hydrogen-bond acceptors (Lipinski definition) is 5. The van der Waals surface area contributed by atoms with E-state index < -0.39 is 0 Å². The largest absolute Gasteiger partial charge is 0.493 e. The SMILES string of the molecule is COc1cc(/C=N/NC(=O)Cn2cnc3ccccc32)ccc1OCCC(C)C. The van der Waals surface area contributed by atoms with E-state index in [0.29, 0.717) is 24.0 Å². The molecule has 1 heterocycles. The van der Waals surface area contributed by atoms with E-state index in [4.69, 9.17) is 9.47 Å². The van der Waals surface area contributed by atoms with Crippen molar-refractivity contribution >= 4 is 23.2 Å². The summed E-state index contributed by atoms with van der Waals surface area (Å²) >= 11 is 0. The van der Waals surface area contributed by atoms with Crippen LogP contribution in [0.3, 0.4) is 0 Å². The van der Waals surface area contributed by atoms with Crippen molar-refractivity contribution in [2.45, 2.75) is 26.8 Å². The third kappa shape index (κ3) is 5.57. The van der Waals surface area contributed by atoms with Crippen LogP contribution in [0.5, 0.6) is 11.5 Å². The second-order valence-electron chi connectivity index (χ2n) is 7.10. The quantitative estimate of drug-likeness (QED) is 0.444. The summed E-state index contributed by atoms with van der Waals surface area (Å²) in [6, 6.07) is 13.2. The van der Waals surface area contributed by atoms with Crippen LogP contribution in [0.2, 0.25) is 0 Å². The molecule has 3 aromatic rings. The Bertz CT molecular complexity index is 995. The van der Waals surface area contributed by atoms with Gasteiger partial charge in [-0.25, -0.2) is 10.4 Å². The number of fused-ring (bicyclic) bond motifs is 1. The van der Waals surface area contributed by atoms with Crippen molar-refractivity contribution < 1.29 is 14.3 Å². The average Bonchev–Trinajstić information content (AvgIpc) is 3.11. The first kappa shape index (κ1) is 20.4. The van der Waals surface area contributed by atoms with Crippen LogP contribution in [-0.4, -0.2) is 35.4 Å². The summed E-state index contributed by atoms with van der Waals surface area (Å²) in [6.07, 6.45) is 4.20. The van der Waals surface area contributed by atoms with Gasteiger partial charge in [0.15, 0.2) is 11.5 Å². The van der Waals surface area contributed by atoms with Crippen molar-refractivity contribution in [1.82, 2.24) is 15.0 Å². The highest BCUT2D eigenvalue weighted by Crippen LogP contribution is 2.27. The van der Waals surface area contributed by atoms with E-state index in [0.717, 1.165) is 23.0 Å². The Morgan fingerprint density at radius 3 is 2.86 bits per heavy atom. The molecule has 2 aromatic carbocycles.